The van der Waals surface area contributed by atoms with E-state index >= 15 is 0 Å². The van der Waals surface area contributed by atoms with Gasteiger partial charge in [-0.1, -0.05) is 19.1 Å². The van der Waals surface area contributed by atoms with E-state index in [0.29, 0.717) is 31.0 Å². The molecule has 4 nitrogen and oxygen atoms in total. The molecule has 0 bridgehead atoms. The fourth-order valence-corrected chi connectivity index (χ4v) is 3.30. The molecule has 1 N–H and O–H groups in total. The number of piperidine rings is 1. The number of hydrogen-bond acceptors (Lipinski definition) is 4. The molecule has 5 heteroatoms. The highest BCUT2D eigenvalue weighted by atomic mass is 32.1. The summed E-state index contributed by atoms with van der Waals surface area (Å²) in [5, 5.41) is 12.0. The number of aliphatic hydroxyl groups excluding tert-OH is 1. The van der Waals surface area contributed by atoms with Gasteiger partial charge in [-0.2, -0.15) is 0 Å². The molecule has 1 amide bonds. The summed E-state index contributed by atoms with van der Waals surface area (Å²) in [5.74, 6) is 0.896. The van der Waals surface area contributed by atoms with Crippen LogP contribution < -0.4 is 4.74 Å². The Morgan fingerprint density at radius 2 is 2.26 bits per heavy atom. The normalized spacial score (nSPS) is 21.2. The van der Waals surface area contributed by atoms with Gasteiger partial charge in [-0.25, -0.2) is 0 Å². The average Bonchev–Trinajstić information content (AvgIpc) is 3.08. The first kappa shape index (κ1) is 16.0. The molecule has 0 aliphatic carbocycles. The van der Waals surface area contributed by atoms with Gasteiger partial charge in [0.15, 0.2) is 0 Å². The van der Waals surface area contributed by atoms with E-state index in [1.54, 1.807) is 28.4 Å². The lowest BCUT2D eigenvalue weighted by Gasteiger charge is -2.34. The highest BCUT2D eigenvalue weighted by Gasteiger charge is 2.27. The lowest BCUT2D eigenvalue weighted by Crippen LogP contribution is -2.45. The largest absolute Gasteiger partial charge is 0.488 e. The lowest BCUT2D eigenvalue weighted by atomic mass is 9.95. The van der Waals surface area contributed by atoms with Crippen molar-refractivity contribution in [2.45, 2.75) is 26.1 Å². The first-order valence-electron chi connectivity index (χ1n) is 7.86. The van der Waals surface area contributed by atoms with Crippen LogP contribution in [0, 0.1) is 5.92 Å². The molecule has 2 unspecified atom stereocenters. The second-order valence-corrected chi connectivity index (χ2v) is 7.01. The van der Waals surface area contributed by atoms with E-state index in [9.17, 15) is 9.90 Å². The van der Waals surface area contributed by atoms with Gasteiger partial charge in [-0.3, -0.25) is 4.79 Å². The molecular weight excluding hydrogens is 310 g/mol. The predicted octanol–water partition coefficient (Wildman–Crippen LogP) is 3.17. The molecule has 3 rings (SSSR count). The number of carbonyl (C=O) groups is 1. The molecule has 1 aliphatic heterocycles. The van der Waals surface area contributed by atoms with Crippen molar-refractivity contribution in [1.82, 2.24) is 4.90 Å². The summed E-state index contributed by atoms with van der Waals surface area (Å²) >= 11 is 1.65. The van der Waals surface area contributed by atoms with Crippen LogP contribution in [0.25, 0.3) is 0 Å². The fraction of sp³-hybridized carbons (Fsp3) is 0.389. The zero-order chi connectivity index (χ0) is 16.2. The van der Waals surface area contributed by atoms with Crippen LogP contribution in [0.2, 0.25) is 0 Å². The van der Waals surface area contributed by atoms with Crippen molar-refractivity contribution in [1.29, 1.82) is 0 Å². The molecule has 1 aromatic heterocycles. The number of amides is 1. The van der Waals surface area contributed by atoms with Crippen molar-refractivity contribution in [3.05, 3.63) is 52.2 Å². The smallest absolute Gasteiger partial charge is 0.254 e. The summed E-state index contributed by atoms with van der Waals surface area (Å²) in [6.07, 6.45) is 0.396. The van der Waals surface area contributed by atoms with E-state index in [1.165, 1.54) is 0 Å². The van der Waals surface area contributed by atoms with Crippen LogP contribution in [-0.2, 0) is 6.61 Å². The van der Waals surface area contributed by atoms with Gasteiger partial charge in [0.25, 0.3) is 5.91 Å². The van der Waals surface area contributed by atoms with Gasteiger partial charge in [0.05, 0.1) is 6.10 Å². The highest BCUT2D eigenvalue weighted by molar-refractivity contribution is 7.09. The molecule has 122 valence electrons. The number of nitrogens with zero attached hydrogens (tertiary/aromatic N) is 1. The van der Waals surface area contributed by atoms with Crippen LogP contribution in [0.5, 0.6) is 5.75 Å². The first-order valence-corrected chi connectivity index (χ1v) is 8.74. The lowest BCUT2D eigenvalue weighted by molar-refractivity contribution is 0.0248. The Labute approximate surface area is 140 Å². The highest BCUT2D eigenvalue weighted by Crippen LogP contribution is 2.21. The summed E-state index contributed by atoms with van der Waals surface area (Å²) < 4.78 is 5.76. The number of β-amino-alcohol motifs (C(OH)–C–C–N with tert-alkyl or cyclic N) is 1. The SMILES string of the molecule is CC1CCN(C(=O)c2cccc(OCc3cccs3)c2)CC1O. The minimum absolute atomic E-state index is 0.0440. The van der Waals surface area contributed by atoms with Crippen LogP contribution in [0.15, 0.2) is 41.8 Å². The fourth-order valence-electron chi connectivity index (χ4n) is 2.68. The van der Waals surface area contributed by atoms with E-state index in [-0.39, 0.29) is 11.8 Å². The minimum Gasteiger partial charge on any atom is -0.488 e. The number of rotatable bonds is 4. The second-order valence-electron chi connectivity index (χ2n) is 5.98. The molecule has 0 radical (unpaired) electrons. The van der Waals surface area contributed by atoms with Crippen molar-refractivity contribution in [3.63, 3.8) is 0 Å². The maximum Gasteiger partial charge on any atom is 0.254 e. The van der Waals surface area contributed by atoms with Crippen molar-refractivity contribution < 1.29 is 14.6 Å². The minimum atomic E-state index is -0.439. The topological polar surface area (TPSA) is 49.8 Å². The number of benzene rings is 1. The Kier molecular flexibility index (Phi) is 4.98. The Morgan fingerprint density at radius 3 is 3.00 bits per heavy atom. The first-order chi connectivity index (χ1) is 11.1. The van der Waals surface area contributed by atoms with Crippen LogP contribution in [-0.4, -0.2) is 35.1 Å². The molecule has 0 saturated carbocycles. The molecule has 1 aromatic carbocycles. The molecule has 1 fully saturated rings. The summed E-state index contributed by atoms with van der Waals surface area (Å²) in [6, 6.07) is 11.3. The van der Waals surface area contributed by atoms with E-state index in [4.69, 9.17) is 4.74 Å². The Morgan fingerprint density at radius 1 is 1.39 bits per heavy atom. The van der Waals surface area contributed by atoms with Crippen molar-refractivity contribution in [2.75, 3.05) is 13.1 Å². The van der Waals surface area contributed by atoms with Crippen molar-refractivity contribution in [2.24, 2.45) is 5.92 Å². The maximum atomic E-state index is 12.6. The molecular formula is C18H21NO3S. The Hall–Kier alpha value is -1.85. The van der Waals surface area contributed by atoms with Gasteiger partial charge in [0.1, 0.15) is 12.4 Å². The quantitative estimate of drug-likeness (QED) is 0.936. The van der Waals surface area contributed by atoms with E-state index in [1.807, 2.05) is 36.6 Å². The predicted molar refractivity (Wildman–Crippen MR) is 90.8 cm³/mol. The Balaban J connectivity index is 1.65. The van der Waals surface area contributed by atoms with Gasteiger partial charge < -0.3 is 14.7 Å². The summed E-state index contributed by atoms with van der Waals surface area (Å²) in [4.78, 5) is 15.5. The van der Waals surface area contributed by atoms with Crippen LogP contribution in [0.1, 0.15) is 28.6 Å². The van der Waals surface area contributed by atoms with Gasteiger partial charge >= 0.3 is 0 Å². The standard InChI is InChI=1S/C18H21NO3S/c1-13-7-8-19(11-17(13)20)18(21)14-4-2-5-15(10-14)22-12-16-6-3-9-23-16/h2-6,9-10,13,17,20H,7-8,11-12H2,1H3. The molecule has 2 atom stereocenters. The third-order valence-corrected chi connectivity index (χ3v) is 5.10. The van der Waals surface area contributed by atoms with Crippen molar-refractivity contribution in [3.8, 4) is 5.75 Å². The average molecular weight is 331 g/mol. The maximum absolute atomic E-state index is 12.6. The number of ether oxygens (including phenoxy) is 1. The van der Waals surface area contributed by atoms with Crippen LogP contribution >= 0.6 is 11.3 Å². The summed E-state index contributed by atoms with van der Waals surface area (Å²) in [6.45, 7) is 3.62. The van der Waals surface area contributed by atoms with E-state index < -0.39 is 6.10 Å². The molecule has 1 saturated heterocycles. The van der Waals surface area contributed by atoms with Gasteiger partial charge in [0, 0.05) is 23.5 Å². The monoisotopic (exact) mass is 331 g/mol. The van der Waals surface area contributed by atoms with E-state index in [0.717, 1.165) is 11.3 Å². The number of carbonyl (C=O) groups excluding carboxylic acids is 1. The third-order valence-electron chi connectivity index (χ3n) is 4.25. The number of aliphatic hydroxyl groups is 1. The number of thiophene rings is 1. The third kappa shape index (κ3) is 3.92. The number of hydrogen-bond donors (Lipinski definition) is 1. The molecule has 2 aromatic rings. The van der Waals surface area contributed by atoms with Crippen LogP contribution in [0.4, 0.5) is 0 Å². The Bertz CT molecular complexity index is 656. The van der Waals surface area contributed by atoms with Gasteiger partial charge in [-0.15, -0.1) is 11.3 Å². The van der Waals surface area contributed by atoms with Crippen LogP contribution in [0.3, 0.4) is 0 Å². The van der Waals surface area contributed by atoms with Gasteiger partial charge in [0.2, 0.25) is 0 Å². The second kappa shape index (κ2) is 7.15. The summed E-state index contributed by atoms with van der Waals surface area (Å²) in [7, 11) is 0. The molecule has 1 aliphatic rings. The van der Waals surface area contributed by atoms with Crippen molar-refractivity contribution >= 4 is 17.2 Å². The zero-order valence-electron chi connectivity index (χ0n) is 13.1. The molecule has 2 heterocycles. The zero-order valence-corrected chi connectivity index (χ0v) is 14.0. The van der Waals surface area contributed by atoms with E-state index in [2.05, 4.69) is 0 Å². The molecule has 0 spiro atoms. The number of likely N-dealkylation sites (tertiary alicyclic amines) is 1. The van der Waals surface area contributed by atoms with Gasteiger partial charge in [-0.05, 0) is 42.0 Å². The molecule has 23 heavy (non-hydrogen) atoms. The summed E-state index contributed by atoms with van der Waals surface area (Å²) in [5.41, 5.74) is 0.607.